The Kier molecular flexibility index (Phi) is 4.35. The molecule has 2 heteroatoms. The summed E-state index contributed by atoms with van der Waals surface area (Å²) in [5.41, 5.74) is 0.915. The SMILES string of the molecule is C=C/C=C\c1ccn(CCC=C)c(=O)c1. The van der Waals surface area contributed by atoms with Crippen LogP contribution in [-0.4, -0.2) is 4.57 Å². The second-order valence-corrected chi connectivity index (χ2v) is 3.16. The molecule has 0 saturated carbocycles. The van der Waals surface area contributed by atoms with Crippen molar-refractivity contribution in [2.24, 2.45) is 0 Å². The van der Waals surface area contributed by atoms with E-state index < -0.39 is 0 Å². The Hall–Kier alpha value is -1.83. The zero-order valence-electron chi connectivity index (χ0n) is 8.73. The van der Waals surface area contributed by atoms with Crippen LogP contribution in [0.25, 0.3) is 6.08 Å². The Bertz CT molecular complexity index is 426. The van der Waals surface area contributed by atoms with Gasteiger partial charge in [0.15, 0.2) is 0 Å². The van der Waals surface area contributed by atoms with Crippen LogP contribution in [0.1, 0.15) is 12.0 Å². The molecule has 0 aliphatic carbocycles. The normalized spacial score (nSPS) is 10.4. The van der Waals surface area contributed by atoms with Crippen LogP contribution in [0.4, 0.5) is 0 Å². The summed E-state index contributed by atoms with van der Waals surface area (Å²) in [5, 5.41) is 0. The van der Waals surface area contributed by atoms with E-state index in [9.17, 15) is 4.79 Å². The van der Waals surface area contributed by atoms with E-state index in [4.69, 9.17) is 0 Å². The van der Waals surface area contributed by atoms with E-state index in [1.54, 1.807) is 29.0 Å². The van der Waals surface area contributed by atoms with Gasteiger partial charge in [0.2, 0.25) is 0 Å². The van der Waals surface area contributed by atoms with Gasteiger partial charge in [-0.05, 0) is 18.1 Å². The molecule has 0 spiro atoms. The van der Waals surface area contributed by atoms with Gasteiger partial charge in [-0.2, -0.15) is 0 Å². The van der Waals surface area contributed by atoms with Crippen LogP contribution in [0.3, 0.4) is 0 Å². The van der Waals surface area contributed by atoms with Crippen molar-refractivity contribution < 1.29 is 0 Å². The Morgan fingerprint density at radius 3 is 2.80 bits per heavy atom. The molecule has 1 rings (SSSR count). The summed E-state index contributed by atoms with van der Waals surface area (Å²) in [6, 6.07) is 3.52. The molecule has 0 aromatic carbocycles. The van der Waals surface area contributed by atoms with Gasteiger partial charge in [-0.3, -0.25) is 4.79 Å². The first-order chi connectivity index (χ1) is 7.27. The molecular weight excluding hydrogens is 186 g/mol. The maximum atomic E-state index is 11.6. The monoisotopic (exact) mass is 201 g/mol. The summed E-state index contributed by atoms with van der Waals surface area (Å²) < 4.78 is 1.67. The van der Waals surface area contributed by atoms with Crippen LogP contribution in [-0.2, 0) is 6.54 Å². The fourth-order valence-electron chi connectivity index (χ4n) is 1.22. The fraction of sp³-hybridized carbons (Fsp3) is 0.154. The largest absolute Gasteiger partial charge is 0.315 e. The van der Waals surface area contributed by atoms with E-state index in [1.165, 1.54) is 0 Å². The van der Waals surface area contributed by atoms with Crippen LogP contribution in [0.2, 0.25) is 0 Å². The lowest BCUT2D eigenvalue weighted by Gasteiger charge is -2.02. The van der Waals surface area contributed by atoms with E-state index in [1.807, 2.05) is 18.2 Å². The third-order valence-electron chi connectivity index (χ3n) is 2.02. The number of allylic oxidation sites excluding steroid dienone is 3. The minimum atomic E-state index is 0.0167. The zero-order chi connectivity index (χ0) is 11.1. The van der Waals surface area contributed by atoms with Crippen LogP contribution >= 0.6 is 0 Å². The highest BCUT2D eigenvalue weighted by Crippen LogP contribution is 1.98. The molecule has 0 amide bonds. The van der Waals surface area contributed by atoms with Gasteiger partial charge in [0.25, 0.3) is 5.56 Å². The van der Waals surface area contributed by atoms with Crippen molar-refractivity contribution in [1.82, 2.24) is 4.57 Å². The minimum absolute atomic E-state index is 0.0167. The first-order valence-corrected chi connectivity index (χ1v) is 4.88. The molecule has 0 unspecified atom stereocenters. The van der Waals surface area contributed by atoms with Crippen molar-refractivity contribution >= 4 is 6.08 Å². The van der Waals surface area contributed by atoms with E-state index in [2.05, 4.69) is 13.2 Å². The molecular formula is C13H15NO. The number of aryl methyl sites for hydroxylation is 1. The third-order valence-corrected chi connectivity index (χ3v) is 2.02. The summed E-state index contributed by atoms with van der Waals surface area (Å²) in [5.74, 6) is 0. The predicted octanol–water partition coefficient (Wildman–Crippen LogP) is 2.62. The Labute approximate surface area is 89.9 Å². The summed E-state index contributed by atoms with van der Waals surface area (Å²) in [6.45, 7) is 7.89. The standard InChI is InChI=1S/C13H15NO/c1-3-5-7-12-8-10-14(9-6-4-2)13(15)11-12/h3-5,7-8,10-11H,1-2,6,9H2/b7-5-. The molecule has 0 radical (unpaired) electrons. The summed E-state index contributed by atoms with van der Waals surface area (Å²) in [7, 11) is 0. The van der Waals surface area contributed by atoms with Gasteiger partial charge in [-0.1, -0.05) is 30.9 Å². The lowest BCUT2D eigenvalue weighted by Crippen LogP contribution is -2.18. The Balaban J connectivity index is 2.87. The molecule has 0 N–H and O–H groups in total. The number of aromatic nitrogens is 1. The van der Waals surface area contributed by atoms with Gasteiger partial charge in [0, 0.05) is 18.8 Å². The van der Waals surface area contributed by atoms with Gasteiger partial charge in [0.1, 0.15) is 0 Å². The molecule has 0 aliphatic heterocycles. The topological polar surface area (TPSA) is 22.0 Å². The van der Waals surface area contributed by atoms with Gasteiger partial charge in [-0.15, -0.1) is 6.58 Å². The quantitative estimate of drug-likeness (QED) is 0.530. The molecule has 2 nitrogen and oxygen atoms in total. The lowest BCUT2D eigenvalue weighted by molar-refractivity contribution is 0.681. The molecule has 0 fully saturated rings. The second kappa shape index (κ2) is 5.81. The van der Waals surface area contributed by atoms with Gasteiger partial charge in [-0.25, -0.2) is 0 Å². The van der Waals surface area contributed by atoms with Gasteiger partial charge in [0.05, 0.1) is 0 Å². The Morgan fingerprint density at radius 2 is 2.20 bits per heavy atom. The molecule has 0 aliphatic rings. The van der Waals surface area contributed by atoms with Crippen molar-refractivity contribution in [3.8, 4) is 0 Å². The first kappa shape index (κ1) is 11.2. The highest BCUT2D eigenvalue weighted by molar-refractivity contribution is 5.49. The molecule has 1 aromatic rings. The van der Waals surface area contributed by atoms with E-state index in [0.717, 1.165) is 12.0 Å². The molecule has 15 heavy (non-hydrogen) atoms. The van der Waals surface area contributed by atoms with E-state index in [0.29, 0.717) is 6.54 Å². The zero-order valence-corrected chi connectivity index (χ0v) is 8.73. The van der Waals surface area contributed by atoms with Crippen molar-refractivity contribution in [3.63, 3.8) is 0 Å². The number of hydrogen-bond donors (Lipinski definition) is 0. The number of pyridine rings is 1. The van der Waals surface area contributed by atoms with Crippen LogP contribution in [0, 0.1) is 0 Å². The average molecular weight is 201 g/mol. The highest BCUT2D eigenvalue weighted by Gasteiger charge is 1.94. The van der Waals surface area contributed by atoms with E-state index in [-0.39, 0.29) is 5.56 Å². The summed E-state index contributed by atoms with van der Waals surface area (Å²) in [4.78, 5) is 11.6. The van der Waals surface area contributed by atoms with Crippen LogP contribution in [0.5, 0.6) is 0 Å². The molecule has 78 valence electrons. The van der Waals surface area contributed by atoms with Crippen LogP contribution < -0.4 is 5.56 Å². The second-order valence-electron chi connectivity index (χ2n) is 3.16. The summed E-state index contributed by atoms with van der Waals surface area (Å²) >= 11 is 0. The number of rotatable bonds is 5. The molecule has 0 saturated heterocycles. The van der Waals surface area contributed by atoms with E-state index >= 15 is 0 Å². The first-order valence-electron chi connectivity index (χ1n) is 4.88. The minimum Gasteiger partial charge on any atom is -0.315 e. The van der Waals surface area contributed by atoms with Gasteiger partial charge >= 0.3 is 0 Å². The fourth-order valence-corrected chi connectivity index (χ4v) is 1.22. The molecule has 1 heterocycles. The maximum Gasteiger partial charge on any atom is 0.251 e. The highest BCUT2D eigenvalue weighted by atomic mass is 16.1. The Morgan fingerprint density at radius 1 is 1.40 bits per heavy atom. The number of nitrogens with zero attached hydrogens (tertiary/aromatic N) is 1. The van der Waals surface area contributed by atoms with Crippen LogP contribution in [0.15, 0.2) is 54.5 Å². The average Bonchev–Trinajstić information content (AvgIpc) is 2.25. The van der Waals surface area contributed by atoms with Crippen molar-refractivity contribution in [3.05, 3.63) is 65.6 Å². The molecule has 0 bridgehead atoms. The van der Waals surface area contributed by atoms with Crippen molar-refractivity contribution in [2.45, 2.75) is 13.0 Å². The predicted molar refractivity (Wildman–Crippen MR) is 64.7 cm³/mol. The van der Waals surface area contributed by atoms with Crippen molar-refractivity contribution in [2.75, 3.05) is 0 Å². The third kappa shape index (κ3) is 3.43. The number of hydrogen-bond acceptors (Lipinski definition) is 1. The lowest BCUT2D eigenvalue weighted by atomic mass is 10.2. The molecule has 1 aromatic heterocycles. The summed E-state index contributed by atoms with van der Waals surface area (Å²) in [6.07, 6.45) is 9.76. The molecule has 0 atom stereocenters. The maximum absolute atomic E-state index is 11.6. The smallest absolute Gasteiger partial charge is 0.251 e. The van der Waals surface area contributed by atoms with Gasteiger partial charge < -0.3 is 4.57 Å². The van der Waals surface area contributed by atoms with Crippen molar-refractivity contribution in [1.29, 1.82) is 0 Å².